The average molecular weight is 394 g/mol. The number of aromatic nitrogens is 2. The molecule has 3 aromatic rings. The number of pyridine rings is 1. The van der Waals surface area contributed by atoms with Gasteiger partial charge in [0.15, 0.2) is 5.69 Å². The molecule has 2 heterocycles. The third-order valence-electron chi connectivity index (χ3n) is 2.83. The number of aromatic amines is 1. The largest absolute Gasteiger partial charge is 0.435 e. The van der Waals surface area contributed by atoms with Gasteiger partial charge in [0, 0.05) is 31.4 Å². The zero-order chi connectivity index (χ0) is 13.8. The van der Waals surface area contributed by atoms with Gasteiger partial charge in [-0.05, 0) is 50.1 Å². The van der Waals surface area contributed by atoms with Crippen molar-refractivity contribution in [2.45, 2.75) is 6.18 Å². The first-order chi connectivity index (χ1) is 8.88. The summed E-state index contributed by atoms with van der Waals surface area (Å²) in [6.45, 7) is 0. The number of halogens is 5. The van der Waals surface area contributed by atoms with Crippen molar-refractivity contribution in [3.05, 3.63) is 39.0 Å². The summed E-state index contributed by atoms with van der Waals surface area (Å²) in [7, 11) is 0. The van der Waals surface area contributed by atoms with Crippen molar-refractivity contribution in [1.29, 1.82) is 0 Å². The molecule has 0 amide bonds. The Balaban J connectivity index is 2.47. The second kappa shape index (κ2) is 4.21. The zero-order valence-corrected chi connectivity index (χ0v) is 12.3. The molecule has 2 aromatic heterocycles. The number of H-pyrrole nitrogens is 1. The van der Waals surface area contributed by atoms with Gasteiger partial charge < -0.3 is 4.98 Å². The van der Waals surface area contributed by atoms with E-state index in [2.05, 4.69) is 41.8 Å². The molecule has 0 saturated carbocycles. The number of nitrogens with one attached hydrogen (secondary N) is 1. The Morgan fingerprint density at radius 1 is 1.05 bits per heavy atom. The summed E-state index contributed by atoms with van der Waals surface area (Å²) >= 11 is 6.67. The summed E-state index contributed by atoms with van der Waals surface area (Å²) in [5.41, 5.74) is -0.257. The molecule has 0 aliphatic rings. The number of benzene rings is 1. The van der Waals surface area contributed by atoms with Gasteiger partial charge in [-0.3, -0.25) is 0 Å². The topological polar surface area (TPSA) is 28.7 Å². The predicted molar refractivity (Wildman–Crippen MR) is 74.0 cm³/mol. The molecule has 0 spiro atoms. The third-order valence-corrected chi connectivity index (χ3v) is 4.67. The van der Waals surface area contributed by atoms with Crippen LogP contribution in [0.15, 0.2) is 33.3 Å². The molecule has 1 N–H and O–H groups in total. The molecular formula is C12H5Br2F3N2. The van der Waals surface area contributed by atoms with Gasteiger partial charge in [0.1, 0.15) is 0 Å². The van der Waals surface area contributed by atoms with Gasteiger partial charge in [-0.1, -0.05) is 0 Å². The van der Waals surface area contributed by atoms with Crippen LogP contribution in [0, 0.1) is 0 Å². The maximum absolute atomic E-state index is 12.9. The van der Waals surface area contributed by atoms with E-state index in [-0.39, 0.29) is 5.52 Å². The molecule has 3 rings (SSSR count). The molecule has 7 heteroatoms. The number of hydrogen-bond donors (Lipinski definition) is 1. The van der Waals surface area contributed by atoms with Crippen molar-refractivity contribution in [2.75, 3.05) is 0 Å². The molecule has 98 valence electrons. The van der Waals surface area contributed by atoms with E-state index in [1.54, 1.807) is 18.2 Å². The number of nitrogens with zero attached hydrogens (tertiary/aromatic N) is 1. The van der Waals surface area contributed by atoms with Crippen LogP contribution in [0.25, 0.3) is 21.8 Å². The highest BCUT2D eigenvalue weighted by Crippen LogP contribution is 2.37. The second-order valence-corrected chi connectivity index (χ2v) is 5.73. The lowest BCUT2D eigenvalue weighted by molar-refractivity contribution is -0.139. The standard InChI is InChI=1S/C12H5Br2F3N2/c13-7-3-6-5-1-2-18-11(12(15,16)17)10(5)19-9(6)4-8(7)14/h1-4,19H. The Morgan fingerprint density at radius 3 is 2.42 bits per heavy atom. The molecule has 0 bridgehead atoms. The zero-order valence-electron chi connectivity index (χ0n) is 9.15. The second-order valence-electron chi connectivity index (χ2n) is 4.02. The molecule has 0 aliphatic heterocycles. The Labute approximate surface area is 122 Å². The van der Waals surface area contributed by atoms with E-state index in [1.165, 1.54) is 6.20 Å². The highest BCUT2D eigenvalue weighted by atomic mass is 79.9. The van der Waals surface area contributed by atoms with Crippen LogP contribution >= 0.6 is 31.9 Å². The van der Waals surface area contributed by atoms with E-state index >= 15 is 0 Å². The molecule has 1 aromatic carbocycles. The molecule has 0 radical (unpaired) electrons. The molecule has 0 saturated heterocycles. The van der Waals surface area contributed by atoms with E-state index in [9.17, 15) is 13.2 Å². The van der Waals surface area contributed by atoms with Crippen LogP contribution in [-0.2, 0) is 6.18 Å². The van der Waals surface area contributed by atoms with Gasteiger partial charge in [-0.25, -0.2) is 4.98 Å². The molecular weight excluding hydrogens is 389 g/mol. The normalized spacial score (nSPS) is 12.5. The summed E-state index contributed by atoms with van der Waals surface area (Å²) in [6, 6.07) is 5.09. The number of rotatable bonds is 0. The van der Waals surface area contributed by atoms with Crippen LogP contribution in [0.2, 0.25) is 0 Å². The molecule has 0 aliphatic carbocycles. The number of fused-ring (bicyclic) bond motifs is 3. The summed E-state index contributed by atoms with van der Waals surface area (Å²) in [5, 5.41) is 1.23. The van der Waals surface area contributed by atoms with Crippen LogP contribution < -0.4 is 0 Å². The molecule has 2 nitrogen and oxygen atoms in total. The highest BCUT2D eigenvalue weighted by Gasteiger charge is 2.35. The fourth-order valence-corrected chi connectivity index (χ4v) is 2.72. The van der Waals surface area contributed by atoms with Gasteiger partial charge in [-0.15, -0.1) is 0 Å². The smallest absolute Gasteiger partial charge is 0.353 e. The Hall–Kier alpha value is -1.08. The number of alkyl halides is 3. The molecule has 0 unspecified atom stereocenters. The first kappa shape index (κ1) is 12.9. The van der Waals surface area contributed by atoms with Gasteiger partial charge in [0.2, 0.25) is 0 Å². The van der Waals surface area contributed by atoms with Crippen LogP contribution in [0.1, 0.15) is 5.69 Å². The fraction of sp³-hybridized carbons (Fsp3) is 0.0833. The maximum Gasteiger partial charge on any atom is 0.435 e. The monoisotopic (exact) mass is 392 g/mol. The Bertz CT molecular complexity index is 793. The SMILES string of the molecule is FC(F)(F)c1nccc2c1[nH]c1cc(Br)c(Br)cc12. The predicted octanol–water partition coefficient (Wildman–Crippen LogP) is 5.26. The van der Waals surface area contributed by atoms with Crippen LogP contribution in [0.5, 0.6) is 0 Å². The summed E-state index contributed by atoms with van der Waals surface area (Å²) in [4.78, 5) is 6.23. The Morgan fingerprint density at radius 2 is 1.74 bits per heavy atom. The van der Waals surface area contributed by atoms with Crippen LogP contribution in [0.3, 0.4) is 0 Å². The van der Waals surface area contributed by atoms with E-state index in [4.69, 9.17) is 0 Å². The minimum absolute atomic E-state index is 0.00926. The average Bonchev–Trinajstić information content (AvgIpc) is 2.66. The minimum Gasteiger partial charge on any atom is -0.353 e. The van der Waals surface area contributed by atoms with Crippen molar-refractivity contribution in [3.8, 4) is 0 Å². The fourth-order valence-electron chi connectivity index (χ4n) is 2.04. The summed E-state index contributed by atoms with van der Waals surface area (Å²) in [6.07, 6.45) is -3.30. The van der Waals surface area contributed by atoms with E-state index in [0.717, 1.165) is 14.3 Å². The summed E-state index contributed by atoms with van der Waals surface area (Å²) in [5.74, 6) is 0. The first-order valence-electron chi connectivity index (χ1n) is 5.20. The van der Waals surface area contributed by atoms with Gasteiger partial charge in [-0.2, -0.15) is 13.2 Å². The number of hydrogen-bond acceptors (Lipinski definition) is 1. The van der Waals surface area contributed by atoms with Crippen LogP contribution in [-0.4, -0.2) is 9.97 Å². The lowest BCUT2D eigenvalue weighted by Crippen LogP contribution is -2.08. The van der Waals surface area contributed by atoms with Gasteiger partial charge in [0.25, 0.3) is 0 Å². The van der Waals surface area contributed by atoms with E-state index < -0.39 is 11.9 Å². The van der Waals surface area contributed by atoms with E-state index in [0.29, 0.717) is 10.9 Å². The molecule has 0 atom stereocenters. The lowest BCUT2D eigenvalue weighted by Gasteiger charge is -2.05. The lowest BCUT2D eigenvalue weighted by atomic mass is 10.1. The van der Waals surface area contributed by atoms with Gasteiger partial charge in [0.05, 0.1) is 5.52 Å². The maximum atomic E-state index is 12.9. The first-order valence-corrected chi connectivity index (χ1v) is 6.79. The van der Waals surface area contributed by atoms with Crippen molar-refractivity contribution < 1.29 is 13.2 Å². The van der Waals surface area contributed by atoms with Gasteiger partial charge >= 0.3 is 6.18 Å². The van der Waals surface area contributed by atoms with E-state index in [1.807, 2.05) is 0 Å². The summed E-state index contributed by atoms with van der Waals surface area (Å²) < 4.78 is 40.3. The van der Waals surface area contributed by atoms with Crippen molar-refractivity contribution in [1.82, 2.24) is 9.97 Å². The highest BCUT2D eigenvalue weighted by molar-refractivity contribution is 9.13. The molecule has 0 fully saturated rings. The Kier molecular flexibility index (Phi) is 2.86. The third kappa shape index (κ3) is 2.04. The quantitative estimate of drug-likeness (QED) is 0.554. The van der Waals surface area contributed by atoms with Crippen molar-refractivity contribution in [3.63, 3.8) is 0 Å². The molecule has 19 heavy (non-hydrogen) atoms. The minimum atomic E-state index is -4.48. The van der Waals surface area contributed by atoms with Crippen molar-refractivity contribution in [2.24, 2.45) is 0 Å². The van der Waals surface area contributed by atoms with Crippen LogP contribution in [0.4, 0.5) is 13.2 Å². The van der Waals surface area contributed by atoms with Crippen molar-refractivity contribution >= 4 is 53.7 Å².